The zero-order chi connectivity index (χ0) is 17.8. The molecule has 4 nitrogen and oxygen atoms in total. The smallest absolute Gasteiger partial charge is 0.223 e. The van der Waals surface area contributed by atoms with Gasteiger partial charge in [-0.1, -0.05) is 42.5 Å². The molecule has 5 heteroatoms. The van der Waals surface area contributed by atoms with Gasteiger partial charge in [-0.05, 0) is 42.0 Å². The van der Waals surface area contributed by atoms with E-state index in [4.69, 9.17) is 5.73 Å². The molecule has 0 unspecified atom stereocenters. The lowest BCUT2D eigenvalue weighted by molar-refractivity contribution is -0.124. The van der Waals surface area contributed by atoms with E-state index < -0.39 is 11.8 Å². The van der Waals surface area contributed by atoms with E-state index in [-0.39, 0.29) is 30.1 Å². The molecule has 0 radical (unpaired) electrons. The highest BCUT2D eigenvalue weighted by Gasteiger charge is 2.43. The van der Waals surface area contributed by atoms with Crippen molar-refractivity contribution in [2.45, 2.75) is 18.8 Å². The van der Waals surface area contributed by atoms with Crippen LogP contribution >= 0.6 is 0 Å². The van der Waals surface area contributed by atoms with Crippen LogP contribution < -0.4 is 11.1 Å². The first-order valence-corrected chi connectivity index (χ1v) is 8.41. The highest BCUT2D eigenvalue weighted by Crippen LogP contribution is 2.47. The highest BCUT2D eigenvalue weighted by molar-refractivity contribution is 5.84. The molecule has 0 heterocycles. The molecular formula is C20H21FN2O2. The maximum atomic E-state index is 13.0. The number of primary amides is 1. The molecule has 1 aliphatic rings. The Labute approximate surface area is 146 Å². The Morgan fingerprint density at radius 3 is 2.44 bits per heavy atom. The molecule has 3 rings (SSSR count). The minimum atomic E-state index is -0.511. The summed E-state index contributed by atoms with van der Waals surface area (Å²) >= 11 is 0. The molecular weight excluding hydrogens is 319 g/mol. The summed E-state index contributed by atoms with van der Waals surface area (Å²) in [6.45, 7) is 0.198. The normalized spacial score (nSPS) is 19.9. The van der Waals surface area contributed by atoms with Gasteiger partial charge >= 0.3 is 0 Å². The van der Waals surface area contributed by atoms with E-state index in [1.807, 2.05) is 30.3 Å². The van der Waals surface area contributed by atoms with Gasteiger partial charge in [0, 0.05) is 12.5 Å². The summed E-state index contributed by atoms with van der Waals surface area (Å²) in [5.41, 5.74) is 7.43. The number of rotatable bonds is 7. The average molecular weight is 340 g/mol. The third-order valence-electron chi connectivity index (χ3n) is 4.68. The van der Waals surface area contributed by atoms with Gasteiger partial charge in [-0.15, -0.1) is 0 Å². The standard InChI is InChI=1S/C20H21FN2O2/c21-16-8-6-13(7-9-16)10-15(19(22)24)12-23-20(25)18-11-17(18)14-4-2-1-3-5-14/h1-9,15,17-18H,10-12H2,(H2,22,24)(H,23,25)/t15-,17+,18-/m0/s1. The largest absolute Gasteiger partial charge is 0.369 e. The number of hydrogen-bond donors (Lipinski definition) is 2. The first-order chi connectivity index (χ1) is 12.0. The van der Waals surface area contributed by atoms with Gasteiger partial charge in [0.2, 0.25) is 11.8 Å². The van der Waals surface area contributed by atoms with Crippen LogP contribution in [0.3, 0.4) is 0 Å². The van der Waals surface area contributed by atoms with Gasteiger partial charge in [-0.25, -0.2) is 4.39 Å². The van der Waals surface area contributed by atoms with Crippen molar-refractivity contribution >= 4 is 11.8 Å². The lowest BCUT2D eigenvalue weighted by atomic mass is 9.98. The zero-order valence-electron chi connectivity index (χ0n) is 13.8. The van der Waals surface area contributed by atoms with Gasteiger partial charge in [-0.3, -0.25) is 9.59 Å². The molecule has 0 bridgehead atoms. The maximum Gasteiger partial charge on any atom is 0.223 e. The summed E-state index contributed by atoms with van der Waals surface area (Å²) in [5.74, 6) is -1.14. The number of hydrogen-bond acceptors (Lipinski definition) is 2. The third-order valence-corrected chi connectivity index (χ3v) is 4.68. The molecule has 2 aromatic carbocycles. The van der Waals surface area contributed by atoms with Crippen LogP contribution in [0.15, 0.2) is 54.6 Å². The number of halogens is 1. The van der Waals surface area contributed by atoms with Crippen molar-refractivity contribution in [1.82, 2.24) is 5.32 Å². The molecule has 25 heavy (non-hydrogen) atoms. The van der Waals surface area contributed by atoms with Crippen LogP contribution in [-0.2, 0) is 16.0 Å². The Hall–Kier alpha value is -2.69. The maximum absolute atomic E-state index is 13.0. The molecule has 0 aromatic heterocycles. The molecule has 1 aliphatic carbocycles. The Bertz CT molecular complexity index is 746. The second kappa shape index (κ2) is 7.47. The van der Waals surface area contributed by atoms with Crippen LogP contribution in [0.4, 0.5) is 4.39 Å². The van der Waals surface area contributed by atoms with Crippen LogP contribution in [0, 0.1) is 17.7 Å². The van der Waals surface area contributed by atoms with Crippen molar-refractivity contribution in [3.8, 4) is 0 Å². The number of nitrogens with two attached hydrogens (primary N) is 1. The van der Waals surface area contributed by atoms with Crippen LogP contribution in [0.5, 0.6) is 0 Å². The summed E-state index contributed by atoms with van der Waals surface area (Å²) in [4.78, 5) is 24.0. The molecule has 0 spiro atoms. The summed E-state index contributed by atoms with van der Waals surface area (Å²) in [5, 5.41) is 2.84. The van der Waals surface area contributed by atoms with Gasteiger partial charge in [0.1, 0.15) is 5.82 Å². The van der Waals surface area contributed by atoms with Crippen molar-refractivity contribution in [1.29, 1.82) is 0 Å². The lowest BCUT2D eigenvalue weighted by Gasteiger charge is -2.14. The second-order valence-electron chi connectivity index (χ2n) is 6.53. The monoisotopic (exact) mass is 340 g/mol. The van der Waals surface area contributed by atoms with E-state index in [1.165, 1.54) is 17.7 Å². The van der Waals surface area contributed by atoms with Gasteiger partial charge in [0.05, 0.1) is 5.92 Å². The molecule has 3 atom stereocenters. The first kappa shape index (κ1) is 17.1. The third kappa shape index (κ3) is 4.44. The van der Waals surface area contributed by atoms with Gasteiger partial charge < -0.3 is 11.1 Å². The minimum absolute atomic E-state index is 0.0400. The molecule has 0 aliphatic heterocycles. The van der Waals surface area contributed by atoms with Gasteiger partial charge in [-0.2, -0.15) is 0 Å². The van der Waals surface area contributed by atoms with Crippen LogP contribution in [0.1, 0.15) is 23.5 Å². The van der Waals surface area contributed by atoms with Crippen LogP contribution in [-0.4, -0.2) is 18.4 Å². The molecule has 130 valence electrons. The van der Waals surface area contributed by atoms with Crippen molar-refractivity contribution in [3.63, 3.8) is 0 Å². The fourth-order valence-corrected chi connectivity index (χ4v) is 3.09. The molecule has 3 N–H and O–H groups in total. The lowest BCUT2D eigenvalue weighted by Crippen LogP contribution is -2.38. The number of nitrogens with one attached hydrogen (secondary N) is 1. The summed E-state index contributed by atoms with van der Waals surface area (Å²) < 4.78 is 13.0. The van der Waals surface area contributed by atoms with E-state index in [0.717, 1.165) is 12.0 Å². The van der Waals surface area contributed by atoms with Crippen LogP contribution in [0.25, 0.3) is 0 Å². The van der Waals surface area contributed by atoms with Crippen molar-refractivity contribution < 1.29 is 14.0 Å². The van der Waals surface area contributed by atoms with E-state index in [0.29, 0.717) is 6.42 Å². The highest BCUT2D eigenvalue weighted by atomic mass is 19.1. The number of carbonyl (C=O) groups is 2. The number of amides is 2. The quantitative estimate of drug-likeness (QED) is 0.812. The number of carbonyl (C=O) groups excluding carboxylic acids is 2. The summed E-state index contributed by atoms with van der Waals surface area (Å²) in [7, 11) is 0. The second-order valence-corrected chi connectivity index (χ2v) is 6.53. The fourth-order valence-electron chi connectivity index (χ4n) is 3.09. The van der Waals surface area contributed by atoms with E-state index in [2.05, 4.69) is 5.32 Å². The molecule has 0 saturated heterocycles. The average Bonchev–Trinajstić information content (AvgIpc) is 3.41. The predicted octanol–water partition coefficient (Wildman–Crippen LogP) is 2.39. The Morgan fingerprint density at radius 1 is 1.12 bits per heavy atom. The topological polar surface area (TPSA) is 72.2 Å². The zero-order valence-corrected chi connectivity index (χ0v) is 13.8. The first-order valence-electron chi connectivity index (χ1n) is 8.41. The SMILES string of the molecule is NC(=O)[C@H](CNC(=O)[C@H]1C[C@@H]1c1ccccc1)Cc1ccc(F)cc1. The van der Waals surface area contributed by atoms with E-state index >= 15 is 0 Å². The Kier molecular flexibility index (Phi) is 5.12. The minimum Gasteiger partial charge on any atom is -0.369 e. The summed E-state index contributed by atoms with van der Waals surface area (Å²) in [6, 6.07) is 15.9. The van der Waals surface area contributed by atoms with Gasteiger partial charge in [0.25, 0.3) is 0 Å². The fraction of sp³-hybridized carbons (Fsp3) is 0.300. The molecule has 1 saturated carbocycles. The van der Waals surface area contributed by atoms with E-state index in [9.17, 15) is 14.0 Å². The van der Waals surface area contributed by atoms with Crippen molar-refractivity contribution in [2.24, 2.45) is 17.6 Å². The van der Waals surface area contributed by atoms with Crippen LogP contribution in [0.2, 0.25) is 0 Å². The van der Waals surface area contributed by atoms with Gasteiger partial charge in [0.15, 0.2) is 0 Å². The Morgan fingerprint density at radius 2 is 1.80 bits per heavy atom. The van der Waals surface area contributed by atoms with E-state index in [1.54, 1.807) is 12.1 Å². The summed E-state index contributed by atoms with van der Waals surface area (Å²) in [6.07, 6.45) is 1.21. The molecule has 2 aromatic rings. The molecule has 2 amide bonds. The Balaban J connectivity index is 1.52. The molecule has 1 fully saturated rings. The number of benzene rings is 2. The van der Waals surface area contributed by atoms with Crippen molar-refractivity contribution in [2.75, 3.05) is 6.54 Å². The van der Waals surface area contributed by atoms with Crippen molar-refractivity contribution in [3.05, 3.63) is 71.5 Å². The predicted molar refractivity (Wildman–Crippen MR) is 93.1 cm³/mol.